The van der Waals surface area contributed by atoms with Gasteiger partial charge in [-0.05, 0) is 52.7 Å². The van der Waals surface area contributed by atoms with Gasteiger partial charge in [-0.2, -0.15) is 0 Å². The van der Waals surface area contributed by atoms with Gasteiger partial charge in [-0.25, -0.2) is 0 Å². The van der Waals surface area contributed by atoms with Crippen LogP contribution < -0.4 is 10.6 Å². The van der Waals surface area contributed by atoms with E-state index < -0.39 is 0 Å². The van der Waals surface area contributed by atoms with Crippen LogP contribution in [0.3, 0.4) is 0 Å². The molecule has 1 amide bonds. The minimum atomic E-state index is 0.0131. The fraction of sp³-hybridized carbons (Fsp3) is 0.533. The monoisotopic (exact) mass is 324 g/mol. The first-order chi connectivity index (χ1) is 9.15. The largest absolute Gasteiger partial charge is 0.324 e. The molecule has 0 saturated heterocycles. The van der Waals surface area contributed by atoms with E-state index in [1.807, 2.05) is 24.3 Å². The van der Waals surface area contributed by atoms with Crippen LogP contribution in [-0.4, -0.2) is 19.0 Å². The summed E-state index contributed by atoms with van der Waals surface area (Å²) in [7, 11) is 0. The van der Waals surface area contributed by atoms with E-state index in [1.54, 1.807) is 0 Å². The zero-order valence-electron chi connectivity index (χ0n) is 11.3. The van der Waals surface area contributed by atoms with Gasteiger partial charge in [0.15, 0.2) is 0 Å². The molecule has 0 bridgehead atoms. The van der Waals surface area contributed by atoms with Crippen LogP contribution >= 0.6 is 15.9 Å². The first-order valence-corrected chi connectivity index (χ1v) is 7.70. The topological polar surface area (TPSA) is 41.1 Å². The van der Waals surface area contributed by atoms with Gasteiger partial charge in [0, 0.05) is 11.0 Å². The van der Waals surface area contributed by atoms with Crippen LogP contribution in [0, 0.1) is 5.41 Å². The number of carbonyl (C=O) groups is 1. The van der Waals surface area contributed by atoms with Crippen molar-refractivity contribution in [2.75, 3.05) is 18.4 Å². The molecule has 104 valence electrons. The number of carbonyl (C=O) groups excluding carboxylic acids is 1. The summed E-state index contributed by atoms with van der Waals surface area (Å²) in [5, 5.41) is 6.19. The average molecular weight is 325 g/mol. The molecule has 2 rings (SSSR count). The van der Waals surface area contributed by atoms with Gasteiger partial charge in [0.25, 0.3) is 0 Å². The number of anilines is 1. The number of para-hydroxylation sites is 1. The molecular weight excluding hydrogens is 304 g/mol. The first-order valence-electron chi connectivity index (χ1n) is 6.90. The van der Waals surface area contributed by atoms with E-state index in [4.69, 9.17) is 0 Å². The Morgan fingerprint density at radius 2 is 2.11 bits per heavy atom. The minimum absolute atomic E-state index is 0.0131. The van der Waals surface area contributed by atoms with E-state index in [0.29, 0.717) is 12.0 Å². The highest BCUT2D eigenvalue weighted by atomic mass is 79.9. The van der Waals surface area contributed by atoms with Gasteiger partial charge in [-0.1, -0.05) is 25.5 Å². The molecule has 1 aliphatic rings. The van der Waals surface area contributed by atoms with E-state index in [9.17, 15) is 4.79 Å². The molecule has 0 heterocycles. The number of benzene rings is 1. The predicted octanol–water partition coefficient (Wildman–Crippen LogP) is 3.56. The van der Waals surface area contributed by atoms with E-state index in [1.165, 1.54) is 25.7 Å². The van der Waals surface area contributed by atoms with E-state index in [0.717, 1.165) is 16.7 Å². The summed E-state index contributed by atoms with van der Waals surface area (Å²) < 4.78 is 0.910. The smallest absolute Gasteiger partial charge is 0.238 e. The van der Waals surface area contributed by atoms with Crippen molar-refractivity contribution in [1.29, 1.82) is 0 Å². The lowest BCUT2D eigenvalue weighted by Gasteiger charge is -2.15. The molecule has 0 radical (unpaired) electrons. The standard InChI is InChI=1S/C15H21BrN2O/c1-2-7-15(8-9-15)11-17-10-14(19)18-13-6-4-3-5-12(13)16/h3-6,17H,2,7-11H2,1H3,(H,18,19). The zero-order chi connectivity index (χ0) is 13.7. The lowest BCUT2D eigenvalue weighted by molar-refractivity contribution is -0.115. The lowest BCUT2D eigenvalue weighted by atomic mass is 10.0. The number of amides is 1. The van der Waals surface area contributed by atoms with Gasteiger partial charge in [0.05, 0.1) is 12.2 Å². The maximum absolute atomic E-state index is 11.8. The van der Waals surface area contributed by atoms with Gasteiger partial charge >= 0.3 is 0 Å². The van der Waals surface area contributed by atoms with Gasteiger partial charge in [-0.3, -0.25) is 4.79 Å². The summed E-state index contributed by atoms with van der Waals surface area (Å²) >= 11 is 3.42. The maximum atomic E-state index is 11.8. The van der Waals surface area contributed by atoms with Gasteiger partial charge < -0.3 is 10.6 Å². The summed E-state index contributed by atoms with van der Waals surface area (Å²) in [4.78, 5) is 11.8. The Bertz CT molecular complexity index is 444. The van der Waals surface area contributed by atoms with Crippen molar-refractivity contribution < 1.29 is 4.79 Å². The third-order valence-corrected chi connectivity index (χ3v) is 4.36. The highest BCUT2D eigenvalue weighted by molar-refractivity contribution is 9.10. The van der Waals surface area contributed by atoms with Crippen molar-refractivity contribution in [3.63, 3.8) is 0 Å². The summed E-state index contributed by atoms with van der Waals surface area (Å²) in [5.74, 6) is 0.0131. The van der Waals surface area contributed by atoms with Crippen molar-refractivity contribution in [1.82, 2.24) is 5.32 Å². The Morgan fingerprint density at radius 3 is 2.74 bits per heavy atom. The second kappa shape index (κ2) is 6.53. The summed E-state index contributed by atoms with van der Waals surface area (Å²) in [6.07, 6.45) is 5.11. The molecule has 1 aromatic rings. The molecule has 0 unspecified atom stereocenters. The summed E-state index contributed by atoms with van der Waals surface area (Å²) in [5.41, 5.74) is 1.31. The summed E-state index contributed by atoms with van der Waals surface area (Å²) in [6.45, 7) is 3.57. The molecule has 1 fully saturated rings. The quantitative estimate of drug-likeness (QED) is 0.805. The van der Waals surface area contributed by atoms with Crippen LogP contribution in [0.15, 0.2) is 28.7 Å². The second-order valence-electron chi connectivity index (χ2n) is 5.38. The van der Waals surface area contributed by atoms with Gasteiger partial charge in [0.1, 0.15) is 0 Å². The molecule has 0 aliphatic heterocycles. The Labute approximate surface area is 123 Å². The van der Waals surface area contributed by atoms with E-state index in [2.05, 4.69) is 33.5 Å². The van der Waals surface area contributed by atoms with Crippen molar-refractivity contribution in [2.24, 2.45) is 5.41 Å². The molecule has 1 saturated carbocycles. The normalized spacial score (nSPS) is 16.1. The van der Waals surface area contributed by atoms with Gasteiger partial charge in [-0.15, -0.1) is 0 Å². The zero-order valence-corrected chi connectivity index (χ0v) is 12.9. The van der Waals surface area contributed by atoms with E-state index >= 15 is 0 Å². The van der Waals surface area contributed by atoms with Crippen molar-refractivity contribution in [3.05, 3.63) is 28.7 Å². The van der Waals surface area contributed by atoms with Crippen LogP contribution in [0.1, 0.15) is 32.6 Å². The van der Waals surface area contributed by atoms with Gasteiger partial charge in [0.2, 0.25) is 5.91 Å². The SMILES string of the molecule is CCCC1(CNCC(=O)Nc2ccccc2Br)CC1. The molecule has 1 aliphatic carbocycles. The van der Waals surface area contributed by atoms with Crippen LogP contribution in [0.25, 0.3) is 0 Å². The number of rotatable bonds is 7. The highest BCUT2D eigenvalue weighted by Crippen LogP contribution is 2.48. The average Bonchev–Trinajstić information content (AvgIpc) is 3.13. The fourth-order valence-electron chi connectivity index (χ4n) is 2.42. The molecule has 4 heteroatoms. The maximum Gasteiger partial charge on any atom is 0.238 e. The Kier molecular flexibility index (Phi) is 4.99. The molecule has 1 aromatic carbocycles. The highest BCUT2D eigenvalue weighted by Gasteiger charge is 2.40. The number of hydrogen-bond donors (Lipinski definition) is 2. The number of nitrogens with one attached hydrogen (secondary N) is 2. The summed E-state index contributed by atoms with van der Waals surface area (Å²) in [6, 6.07) is 7.65. The van der Waals surface area contributed by atoms with Crippen molar-refractivity contribution in [3.8, 4) is 0 Å². The number of halogens is 1. The third-order valence-electron chi connectivity index (χ3n) is 3.67. The Balaban J connectivity index is 1.72. The molecule has 3 nitrogen and oxygen atoms in total. The van der Waals surface area contributed by atoms with Crippen molar-refractivity contribution in [2.45, 2.75) is 32.6 Å². The molecule has 2 N–H and O–H groups in total. The Hall–Kier alpha value is -0.870. The van der Waals surface area contributed by atoms with Crippen LogP contribution in [0.4, 0.5) is 5.69 Å². The second-order valence-corrected chi connectivity index (χ2v) is 6.24. The first kappa shape index (κ1) is 14.5. The molecule has 19 heavy (non-hydrogen) atoms. The lowest BCUT2D eigenvalue weighted by Crippen LogP contribution is -2.32. The predicted molar refractivity (Wildman–Crippen MR) is 82.2 cm³/mol. The molecule has 0 aromatic heterocycles. The van der Waals surface area contributed by atoms with Crippen LogP contribution in [0.5, 0.6) is 0 Å². The van der Waals surface area contributed by atoms with E-state index in [-0.39, 0.29) is 5.91 Å². The third kappa shape index (κ3) is 4.32. The molecule has 0 spiro atoms. The molecular formula is C15H21BrN2O. The number of hydrogen-bond acceptors (Lipinski definition) is 2. The van der Waals surface area contributed by atoms with Crippen LogP contribution in [-0.2, 0) is 4.79 Å². The van der Waals surface area contributed by atoms with Crippen molar-refractivity contribution >= 4 is 27.5 Å². The Morgan fingerprint density at radius 1 is 1.37 bits per heavy atom. The molecule has 0 atom stereocenters. The van der Waals surface area contributed by atoms with Crippen LogP contribution in [0.2, 0.25) is 0 Å². The minimum Gasteiger partial charge on any atom is -0.324 e. The fourth-order valence-corrected chi connectivity index (χ4v) is 2.80.